The number of carbonyl (C=O) groups excluding carboxylic acids is 1. The number of carbonyl (C=O) groups is 1. The van der Waals surface area contributed by atoms with Gasteiger partial charge >= 0.3 is 0 Å². The third-order valence-electron chi connectivity index (χ3n) is 5.04. The van der Waals surface area contributed by atoms with Gasteiger partial charge in [-0.2, -0.15) is 0 Å². The number of hydrogen-bond acceptors (Lipinski definition) is 2. The molecule has 2 aromatic carbocycles. The Morgan fingerprint density at radius 1 is 1.00 bits per heavy atom. The average Bonchev–Trinajstić information content (AvgIpc) is 3.33. The fraction of sp³-hybridized carbons (Fsp3) is 0.174. The molecule has 2 atom stereocenters. The summed E-state index contributed by atoms with van der Waals surface area (Å²) in [4.78, 5) is 16.6. The molecular formula is C23H23N2O2+. The van der Waals surface area contributed by atoms with Crippen molar-refractivity contribution in [2.75, 3.05) is 0 Å². The van der Waals surface area contributed by atoms with Crippen LogP contribution in [0.5, 0.6) is 0 Å². The molecule has 0 aliphatic carbocycles. The predicted octanol–water partition coefficient (Wildman–Crippen LogP) is 3.99. The summed E-state index contributed by atoms with van der Waals surface area (Å²) in [7, 11) is 0. The molecule has 27 heavy (non-hydrogen) atoms. The lowest BCUT2D eigenvalue weighted by molar-refractivity contribution is -0.705. The van der Waals surface area contributed by atoms with Gasteiger partial charge in [0.25, 0.3) is 0 Å². The van der Waals surface area contributed by atoms with Crippen LogP contribution in [-0.4, -0.2) is 16.8 Å². The van der Waals surface area contributed by atoms with Crippen molar-refractivity contribution in [2.24, 2.45) is 0 Å². The van der Waals surface area contributed by atoms with Gasteiger partial charge in [0.1, 0.15) is 6.04 Å². The number of ketones is 1. The summed E-state index contributed by atoms with van der Waals surface area (Å²) >= 11 is 0. The van der Waals surface area contributed by atoms with Crippen LogP contribution in [0.15, 0.2) is 77.4 Å². The molecule has 0 spiro atoms. The van der Waals surface area contributed by atoms with E-state index in [0.717, 1.165) is 33.5 Å². The summed E-state index contributed by atoms with van der Waals surface area (Å²) in [6.07, 6.45) is 1.68. The van der Waals surface area contributed by atoms with Crippen LogP contribution in [0.4, 0.5) is 0 Å². The number of nitrogens with two attached hydrogens (primary N) is 1. The van der Waals surface area contributed by atoms with Gasteiger partial charge in [0.15, 0.2) is 11.8 Å². The summed E-state index contributed by atoms with van der Waals surface area (Å²) in [6.45, 7) is 3.92. The van der Waals surface area contributed by atoms with Gasteiger partial charge in [0.2, 0.25) is 5.78 Å². The average molecular weight is 359 g/mol. The lowest BCUT2D eigenvalue weighted by Gasteiger charge is -2.18. The number of rotatable bonds is 6. The summed E-state index contributed by atoms with van der Waals surface area (Å²) in [5.41, 5.74) is 3.80. The van der Waals surface area contributed by atoms with Gasteiger partial charge < -0.3 is 14.7 Å². The van der Waals surface area contributed by atoms with Crippen molar-refractivity contribution in [3.63, 3.8) is 0 Å². The lowest BCUT2D eigenvalue weighted by Crippen LogP contribution is -2.92. The van der Waals surface area contributed by atoms with Crippen LogP contribution in [0.2, 0.25) is 0 Å². The molecule has 0 amide bonds. The second kappa shape index (κ2) is 7.25. The van der Waals surface area contributed by atoms with E-state index in [2.05, 4.69) is 22.4 Å². The molecule has 0 aliphatic heterocycles. The van der Waals surface area contributed by atoms with Crippen LogP contribution >= 0.6 is 0 Å². The number of quaternary nitrogens is 1. The summed E-state index contributed by atoms with van der Waals surface area (Å²) < 4.78 is 5.67. The maximum absolute atomic E-state index is 13.3. The van der Waals surface area contributed by atoms with E-state index in [1.54, 1.807) is 6.26 Å². The van der Waals surface area contributed by atoms with E-state index in [0.29, 0.717) is 0 Å². The highest BCUT2D eigenvalue weighted by atomic mass is 16.3. The van der Waals surface area contributed by atoms with Crippen molar-refractivity contribution in [1.82, 2.24) is 4.98 Å². The van der Waals surface area contributed by atoms with E-state index >= 15 is 0 Å². The number of aromatic nitrogens is 1. The van der Waals surface area contributed by atoms with E-state index < -0.39 is 0 Å². The summed E-state index contributed by atoms with van der Waals surface area (Å²) in [6, 6.07) is 21.6. The molecule has 4 aromatic rings. The summed E-state index contributed by atoms with van der Waals surface area (Å²) in [5, 5.41) is 3.06. The zero-order valence-corrected chi connectivity index (χ0v) is 15.5. The first kappa shape index (κ1) is 17.3. The molecule has 0 unspecified atom stereocenters. The zero-order chi connectivity index (χ0) is 18.8. The smallest absolute Gasteiger partial charge is 0.222 e. The van der Waals surface area contributed by atoms with Crippen molar-refractivity contribution in [3.05, 3.63) is 95.6 Å². The Morgan fingerprint density at radius 2 is 1.74 bits per heavy atom. The Morgan fingerprint density at radius 3 is 2.48 bits per heavy atom. The van der Waals surface area contributed by atoms with E-state index in [1.165, 1.54) is 0 Å². The van der Waals surface area contributed by atoms with Gasteiger partial charge in [-0.3, -0.25) is 4.79 Å². The van der Waals surface area contributed by atoms with Crippen LogP contribution in [0, 0.1) is 6.92 Å². The van der Waals surface area contributed by atoms with Crippen LogP contribution in [0.1, 0.15) is 40.3 Å². The normalized spacial score (nSPS) is 13.6. The van der Waals surface area contributed by atoms with E-state index in [1.807, 2.05) is 68.4 Å². The van der Waals surface area contributed by atoms with Gasteiger partial charge in [-0.25, -0.2) is 0 Å². The monoisotopic (exact) mass is 359 g/mol. The first-order valence-electron chi connectivity index (χ1n) is 9.20. The predicted molar refractivity (Wildman–Crippen MR) is 106 cm³/mol. The highest BCUT2D eigenvalue weighted by Crippen LogP contribution is 2.24. The van der Waals surface area contributed by atoms with Crippen LogP contribution in [0.3, 0.4) is 0 Å². The first-order chi connectivity index (χ1) is 13.1. The second-order valence-corrected chi connectivity index (χ2v) is 6.92. The molecular weight excluding hydrogens is 336 g/mol. The number of furan rings is 1. The standard InChI is InChI=1S/C23H22N2O2/c1-15-21(18-11-6-7-12-19(18)24-15)23(26)16(2)25-22(20-13-8-14-27-20)17-9-4-3-5-10-17/h3-14,16,22,24-25H,1-2H3/p+1/t16-,22-/m0/s1. The van der Waals surface area contributed by atoms with E-state index in [4.69, 9.17) is 4.42 Å². The minimum absolute atomic E-state index is 0.0642. The molecule has 0 aliphatic rings. The molecule has 0 fully saturated rings. The molecule has 3 N–H and O–H groups in total. The third kappa shape index (κ3) is 3.32. The molecule has 0 bridgehead atoms. The number of nitrogens with one attached hydrogen (secondary N) is 1. The Balaban J connectivity index is 1.66. The van der Waals surface area contributed by atoms with Gasteiger partial charge in [0, 0.05) is 22.2 Å². The number of aryl methyl sites for hydroxylation is 1. The molecule has 4 nitrogen and oxygen atoms in total. The van der Waals surface area contributed by atoms with Crippen molar-refractivity contribution in [3.8, 4) is 0 Å². The molecule has 0 saturated heterocycles. The van der Waals surface area contributed by atoms with Crippen molar-refractivity contribution in [2.45, 2.75) is 25.9 Å². The molecule has 136 valence electrons. The molecule has 2 heterocycles. The highest BCUT2D eigenvalue weighted by molar-refractivity contribution is 6.10. The second-order valence-electron chi connectivity index (χ2n) is 6.92. The van der Waals surface area contributed by atoms with E-state index in [-0.39, 0.29) is 17.9 Å². The Labute approximate surface area is 158 Å². The van der Waals surface area contributed by atoms with Crippen LogP contribution in [0.25, 0.3) is 10.9 Å². The molecule has 0 radical (unpaired) electrons. The van der Waals surface area contributed by atoms with E-state index in [9.17, 15) is 4.79 Å². The fourth-order valence-corrected chi connectivity index (χ4v) is 3.70. The number of para-hydroxylation sites is 1. The molecule has 4 heteroatoms. The van der Waals surface area contributed by atoms with Crippen molar-refractivity contribution >= 4 is 16.7 Å². The Kier molecular flexibility index (Phi) is 4.65. The Hall–Kier alpha value is -3.11. The van der Waals surface area contributed by atoms with Crippen molar-refractivity contribution in [1.29, 1.82) is 0 Å². The lowest BCUT2D eigenvalue weighted by atomic mass is 9.99. The maximum Gasteiger partial charge on any atom is 0.222 e. The first-order valence-corrected chi connectivity index (χ1v) is 9.20. The number of fused-ring (bicyclic) bond motifs is 1. The Bertz CT molecular complexity index is 1050. The van der Waals surface area contributed by atoms with Gasteiger partial charge in [-0.1, -0.05) is 48.5 Å². The van der Waals surface area contributed by atoms with Crippen molar-refractivity contribution < 1.29 is 14.5 Å². The minimum Gasteiger partial charge on any atom is -0.463 e. The number of hydrogen-bond donors (Lipinski definition) is 2. The quantitative estimate of drug-likeness (QED) is 0.511. The van der Waals surface area contributed by atoms with Crippen LogP contribution < -0.4 is 5.32 Å². The largest absolute Gasteiger partial charge is 0.463 e. The number of aromatic amines is 1. The minimum atomic E-state index is -0.252. The number of benzene rings is 2. The maximum atomic E-state index is 13.3. The molecule has 4 rings (SSSR count). The van der Waals surface area contributed by atoms with Gasteiger partial charge in [-0.15, -0.1) is 0 Å². The van der Waals surface area contributed by atoms with Gasteiger partial charge in [-0.05, 0) is 32.0 Å². The molecule has 2 aromatic heterocycles. The van der Waals surface area contributed by atoms with Crippen LogP contribution in [-0.2, 0) is 0 Å². The SMILES string of the molecule is Cc1[nH]c2ccccc2c1C(=O)[C@H](C)[NH2+][C@@H](c1ccccc1)c1ccco1. The highest BCUT2D eigenvalue weighted by Gasteiger charge is 2.29. The third-order valence-corrected chi connectivity index (χ3v) is 5.04. The number of Topliss-reactive ketones (excluding diaryl/α,β-unsaturated/α-hetero) is 1. The molecule has 0 saturated carbocycles. The van der Waals surface area contributed by atoms with Gasteiger partial charge in [0.05, 0.1) is 11.8 Å². The summed E-state index contributed by atoms with van der Waals surface area (Å²) in [5.74, 6) is 0.967. The fourth-order valence-electron chi connectivity index (χ4n) is 3.70. The number of H-pyrrole nitrogens is 1. The topological polar surface area (TPSA) is 62.6 Å². The zero-order valence-electron chi connectivity index (χ0n) is 15.5.